The summed E-state index contributed by atoms with van der Waals surface area (Å²) in [6, 6.07) is 73.1. The number of rotatable bonds is 9. The van der Waals surface area contributed by atoms with E-state index in [1.54, 1.807) is 0 Å². The van der Waals surface area contributed by atoms with Crippen molar-refractivity contribution in [1.82, 2.24) is 19.9 Å². The Hall–Kier alpha value is -8.08. The molecule has 0 spiro atoms. The molecule has 0 aliphatic heterocycles. The van der Waals surface area contributed by atoms with Gasteiger partial charge in [-0.2, -0.15) is 0 Å². The third-order valence-electron chi connectivity index (χ3n) is 12.2. The van der Waals surface area contributed by atoms with Crippen LogP contribution in [-0.2, 0) is 5.41 Å². The number of aryl methyl sites for hydroxylation is 2. The number of pyridine rings is 1. The van der Waals surface area contributed by atoms with Crippen LogP contribution in [0.15, 0.2) is 212 Å². The summed E-state index contributed by atoms with van der Waals surface area (Å²) in [5, 5.41) is 0. The predicted octanol–water partition coefficient (Wildman–Crippen LogP) is 16.2. The average molecular weight is 851 g/mol. The van der Waals surface area contributed by atoms with Gasteiger partial charge in [0.2, 0.25) is 0 Å². The van der Waals surface area contributed by atoms with Gasteiger partial charge in [0.25, 0.3) is 0 Å². The van der Waals surface area contributed by atoms with Gasteiger partial charge in [0.1, 0.15) is 0 Å². The van der Waals surface area contributed by atoms with Crippen LogP contribution in [0, 0.1) is 13.8 Å². The van der Waals surface area contributed by atoms with Gasteiger partial charge in [0, 0.05) is 28.5 Å². The maximum atomic E-state index is 5.12. The Morgan fingerprint density at radius 3 is 1.32 bits per heavy atom. The summed E-state index contributed by atoms with van der Waals surface area (Å²) in [6.45, 7) is 11.1. The van der Waals surface area contributed by atoms with Crippen LogP contribution in [0.4, 0.5) is 0 Å². The molecule has 0 atom stereocenters. The van der Waals surface area contributed by atoms with Crippen molar-refractivity contribution in [2.45, 2.75) is 40.0 Å². The summed E-state index contributed by atoms with van der Waals surface area (Å²) in [4.78, 5) is 20.5. The lowest BCUT2D eigenvalue weighted by molar-refractivity contribution is 0.590. The molecule has 0 fully saturated rings. The molecule has 0 amide bonds. The second-order valence-corrected chi connectivity index (χ2v) is 18.1. The molecule has 0 saturated carbocycles. The van der Waals surface area contributed by atoms with Gasteiger partial charge >= 0.3 is 0 Å². The van der Waals surface area contributed by atoms with Crippen molar-refractivity contribution in [3.05, 3.63) is 229 Å². The third-order valence-corrected chi connectivity index (χ3v) is 12.2. The maximum Gasteiger partial charge on any atom is 0.165 e. The van der Waals surface area contributed by atoms with Crippen LogP contribution in [0.5, 0.6) is 0 Å². The van der Waals surface area contributed by atoms with Crippen molar-refractivity contribution in [2.24, 2.45) is 0 Å². The molecule has 0 bridgehead atoms. The molecule has 2 aromatic heterocycles. The SMILES string of the molecule is Cc1cc(C)cc(-c2ccccc2-c2ccc(-c3ccc(-c4nc(-c5cccc(-c6ccccc6)c5)nc(-c5cccc(-c6ccccc6)c5)n4)cn3)cc2-c2ccc(C(C)(C)C)cc2)c1. The third kappa shape index (κ3) is 8.87. The van der Waals surface area contributed by atoms with Crippen molar-refractivity contribution < 1.29 is 0 Å². The lowest BCUT2D eigenvalue weighted by Crippen LogP contribution is -2.10. The van der Waals surface area contributed by atoms with Crippen LogP contribution in [0.3, 0.4) is 0 Å². The first-order chi connectivity index (χ1) is 32.1. The van der Waals surface area contributed by atoms with Gasteiger partial charge in [-0.1, -0.05) is 208 Å². The average Bonchev–Trinajstić information content (AvgIpc) is 3.36. The fourth-order valence-electron chi connectivity index (χ4n) is 8.82. The van der Waals surface area contributed by atoms with E-state index in [1.165, 1.54) is 38.9 Å². The second-order valence-electron chi connectivity index (χ2n) is 18.1. The van der Waals surface area contributed by atoms with E-state index in [0.717, 1.165) is 61.3 Å². The molecule has 4 heteroatoms. The van der Waals surface area contributed by atoms with Crippen LogP contribution in [-0.4, -0.2) is 19.9 Å². The lowest BCUT2D eigenvalue weighted by atomic mass is 9.84. The molecule has 10 aromatic rings. The molecule has 66 heavy (non-hydrogen) atoms. The van der Waals surface area contributed by atoms with E-state index < -0.39 is 0 Å². The van der Waals surface area contributed by atoms with E-state index in [1.807, 2.05) is 18.3 Å². The standard InChI is InChI=1S/C62H50N4/c1-41-34-42(2)36-52(35-41)54-24-12-13-25-55(54)56-32-28-48(39-57(56)45-26-30-53(31-27-45)62(3,4)5)58-33-29-51(40-63-58)61-65-59(49-22-14-20-46(37-49)43-16-8-6-9-17-43)64-60(66-61)50-23-15-21-47(38-50)44-18-10-7-11-19-44/h6-40H,1-5H3. The van der Waals surface area contributed by atoms with Crippen molar-refractivity contribution in [3.63, 3.8) is 0 Å². The van der Waals surface area contributed by atoms with Gasteiger partial charge in [-0.15, -0.1) is 0 Å². The first kappa shape index (κ1) is 41.9. The highest BCUT2D eigenvalue weighted by Gasteiger charge is 2.19. The molecule has 10 rings (SSSR count). The van der Waals surface area contributed by atoms with Gasteiger partial charge in [-0.3, -0.25) is 4.98 Å². The molecule has 8 aromatic carbocycles. The highest BCUT2D eigenvalue weighted by Crippen LogP contribution is 2.41. The number of hydrogen-bond donors (Lipinski definition) is 0. The van der Waals surface area contributed by atoms with Crippen LogP contribution in [0.25, 0.3) is 101 Å². The van der Waals surface area contributed by atoms with Gasteiger partial charge in [-0.05, 0) is 111 Å². The van der Waals surface area contributed by atoms with Crippen molar-refractivity contribution in [2.75, 3.05) is 0 Å². The van der Waals surface area contributed by atoms with E-state index in [4.69, 9.17) is 19.9 Å². The zero-order valence-electron chi connectivity index (χ0n) is 38.0. The molecular weight excluding hydrogens is 801 g/mol. The Morgan fingerprint density at radius 2 is 0.773 bits per heavy atom. The van der Waals surface area contributed by atoms with Crippen molar-refractivity contribution >= 4 is 0 Å². The van der Waals surface area contributed by atoms with Gasteiger partial charge in [0.05, 0.1) is 5.69 Å². The van der Waals surface area contributed by atoms with Gasteiger partial charge < -0.3 is 0 Å². The maximum absolute atomic E-state index is 5.12. The largest absolute Gasteiger partial charge is 0.255 e. The first-order valence-electron chi connectivity index (χ1n) is 22.6. The Balaban J connectivity index is 1.07. The van der Waals surface area contributed by atoms with Crippen molar-refractivity contribution in [3.8, 4) is 101 Å². The highest BCUT2D eigenvalue weighted by molar-refractivity contribution is 5.93. The van der Waals surface area contributed by atoms with E-state index >= 15 is 0 Å². The number of hydrogen-bond acceptors (Lipinski definition) is 4. The van der Waals surface area contributed by atoms with E-state index in [0.29, 0.717) is 17.5 Å². The number of benzene rings is 8. The number of aromatic nitrogens is 4. The molecular formula is C62H50N4. The van der Waals surface area contributed by atoms with Gasteiger partial charge in [-0.25, -0.2) is 15.0 Å². The fourth-order valence-corrected chi connectivity index (χ4v) is 8.82. The van der Waals surface area contributed by atoms with Crippen molar-refractivity contribution in [1.29, 1.82) is 0 Å². The smallest absolute Gasteiger partial charge is 0.165 e. The van der Waals surface area contributed by atoms with Crippen LogP contribution in [0.2, 0.25) is 0 Å². The van der Waals surface area contributed by atoms with E-state index in [2.05, 4.69) is 229 Å². The molecule has 4 nitrogen and oxygen atoms in total. The van der Waals surface area contributed by atoms with Gasteiger partial charge in [0.15, 0.2) is 17.5 Å². The molecule has 0 N–H and O–H groups in total. The predicted molar refractivity (Wildman–Crippen MR) is 275 cm³/mol. The normalized spacial score (nSPS) is 11.4. The lowest BCUT2D eigenvalue weighted by Gasteiger charge is -2.20. The molecule has 0 aliphatic rings. The van der Waals surface area contributed by atoms with E-state index in [9.17, 15) is 0 Å². The fraction of sp³-hybridized carbons (Fsp3) is 0.0968. The summed E-state index contributed by atoms with van der Waals surface area (Å²) < 4.78 is 0. The minimum absolute atomic E-state index is 0.0446. The highest BCUT2D eigenvalue weighted by atomic mass is 15.0. The molecule has 2 heterocycles. The topological polar surface area (TPSA) is 51.6 Å². The Morgan fingerprint density at radius 1 is 0.303 bits per heavy atom. The quantitative estimate of drug-likeness (QED) is 0.145. The van der Waals surface area contributed by atoms with Crippen LogP contribution in [0.1, 0.15) is 37.5 Å². The molecule has 0 aliphatic carbocycles. The minimum Gasteiger partial charge on any atom is -0.255 e. The van der Waals surface area contributed by atoms with E-state index in [-0.39, 0.29) is 5.41 Å². The Bertz CT molecular complexity index is 3210. The summed E-state index contributed by atoms with van der Waals surface area (Å²) >= 11 is 0. The Labute approximate surface area is 388 Å². The molecule has 0 radical (unpaired) electrons. The number of nitrogens with zero attached hydrogens (tertiary/aromatic N) is 4. The van der Waals surface area contributed by atoms with Crippen LogP contribution < -0.4 is 0 Å². The zero-order chi connectivity index (χ0) is 45.2. The van der Waals surface area contributed by atoms with Crippen LogP contribution >= 0.6 is 0 Å². The summed E-state index contributed by atoms with van der Waals surface area (Å²) in [7, 11) is 0. The minimum atomic E-state index is 0.0446. The molecule has 0 unspecified atom stereocenters. The summed E-state index contributed by atoms with van der Waals surface area (Å²) in [5.74, 6) is 1.75. The Kier molecular flexibility index (Phi) is 11.3. The molecule has 318 valence electrons. The second kappa shape index (κ2) is 17.8. The summed E-state index contributed by atoms with van der Waals surface area (Å²) in [6.07, 6.45) is 1.89. The zero-order valence-corrected chi connectivity index (χ0v) is 38.0. The monoisotopic (exact) mass is 850 g/mol. The molecule has 0 saturated heterocycles. The summed E-state index contributed by atoms with van der Waals surface area (Å²) in [5.41, 5.74) is 19.9. The first-order valence-corrected chi connectivity index (χ1v) is 22.6.